The lowest BCUT2D eigenvalue weighted by Gasteiger charge is -2.30. The van der Waals surface area contributed by atoms with Crippen LogP contribution < -0.4 is 16.4 Å². The van der Waals surface area contributed by atoms with Gasteiger partial charge in [-0.3, -0.25) is 46.9 Å². The Bertz CT molecular complexity index is 2260. The van der Waals surface area contributed by atoms with Crippen molar-refractivity contribution in [3.63, 3.8) is 0 Å². The Balaban J connectivity index is 0.00000103. The summed E-state index contributed by atoms with van der Waals surface area (Å²) in [5, 5.41) is 59.6. The van der Waals surface area contributed by atoms with Gasteiger partial charge in [0, 0.05) is 30.7 Å². The summed E-state index contributed by atoms with van der Waals surface area (Å²) in [5.41, 5.74) is 1.48. The zero-order chi connectivity index (χ0) is 51.3. The van der Waals surface area contributed by atoms with Crippen molar-refractivity contribution in [2.75, 3.05) is 37.8 Å². The van der Waals surface area contributed by atoms with Crippen molar-refractivity contribution in [1.29, 1.82) is 0 Å². The number of carboxylic acids is 3. The molecule has 0 bridgehead atoms. The fourth-order valence-electron chi connectivity index (χ4n) is 5.26. The van der Waals surface area contributed by atoms with Crippen molar-refractivity contribution >= 4 is 92.8 Å². The van der Waals surface area contributed by atoms with E-state index in [1.54, 1.807) is 0 Å². The minimum atomic E-state index is -5.58. The molecule has 1 aliphatic rings. The number of aliphatic carboxylic acids is 3. The van der Waals surface area contributed by atoms with Gasteiger partial charge in [0.2, 0.25) is 11.8 Å². The molecule has 1 fully saturated rings. The number of nitrogens with two attached hydrogens (primary N) is 1. The van der Waals surface area contributed by atoms with Crippen LogP contribution in [0.15, 0.2) is 12.7 Å². The number of nitrogens with zero attached hydrogens (tertiary/aromatic N) is 4. The van der Waals surface area contributed by atoms with E-state index in [0.29, 0.717) is 0 Å². The number of phosphoric ester groups is 3. The summed E-state index contributed by atoms with van der Waals surface area (Å²) in [5.74, 6) is -6.63. The van der Waals surface area contributed by atoms with E-state index in [0.717, 1.165) is 29.0 Å². The largest absolute Gasteiger partial charge is 0.481 e. The summed E-state index contributed by atoms with van der Waals surface area (Å²) in [6, 6.07) is 0. The first-order valence-corrected chi connectivity index (χ1v) is 24.1. The summed E-state index contributed by atoms with van der Waals surface area (Å²) in [4.78, 5) is 128. The predicted octanol–water partition coefficient (Wildman–Crippen LogP) is -2.60. The summed E-state index contributed by atoms with van der Waals surface area (Å²) >= 11 is 0.878. The quantitative estimate of drug-likeness (QED) is 0.0261. The molecule has 378 valence electrons. The number of carbonyl (C=O) groups is 7. The number of aliphatic hydroxyl groups excluding tert-OH is 2. The number of imidazole rings is 1. The van der Waals surface area contributed by atoms with E-state index in [-0.39, 0.29) is 59.6 Å². The van der Waals surface area contributed by atoms with Crippen molar-refractivity contribution in [1.82, 2.24) is 30.2 Å². The molecule has 3 rings (SSSR count). The van der Waals surface area contributed by atoms with Crippen LogP contribution in [0, 0.1) is 5.41 Å². The molecule has 2 aromatic rings. The molecule has 2 aromatic heterocycles. The van der Waals surface area contributed by atoms with Crippen molar-refractivity contribution in [3.8, 4) is 0 Å². The molecule has 7 atom stereocenters. The second-order valence-corrected chi connectivity index (χ2v) is 20.0. The summed E-state index contributed by atoms with van der Waals surface area (Å²) in [7, 11) is -16.4. The normalized spacial score (nSPS) is 19.8. The summed E-state index contributed by atoms with van der Waals surface area (Å²) < 4.78 is 61.9. The molecular formula is C31H48N7O25P3S. The molecule has 0 spiro atoms. The van der Waals surface area contributed by atoms with Crippen LogP contribution in [-0.4, -0.2) is 172 Å². The summed E-state index contributed by atoms with van der Waals surface area (Å²) in [6.07, 6.45) is -9.53. The smallest absolute Gasteiger partial charge is 0.481 e. The molecule has 2 unspecified atom stereocenters. The lowest BCUT2D eigenvalue weighted by atomic mass is 9.87. The maximum atomic E-state index is 12.6. The number of Topliss-reactive ketones (excluding diaryl/α,β-unsaturated/α-hetero) is 1. The molecule has 0 aromatic carbocycles. The van der Waals surface area contributed by atoms with Gasteiger partial charge in [0.25, 0.3) is 0 Å². The van der Waals surface area contributed by atoms with Gasteiger partial charge >= 0.3 is 41.4 Å². The Morgan fingerprint density at radius 3 is 2.09 bits per heavy atom. The number of carboxylic acid groups (broad SMARTS) is 3. The highest BCUT2D eigenvalue weighted by Crippen LogP contribution is 2.61. The highest BCUT2D eigenvalue weighted by Gasteiger charge is 2.50. The maximum Gasteiger partial charge on any atom is 0.481 e. The number of ketones is 1. The first-order valence-electron chi connectivity index (χ1n) is 18.6. The molecule has 36 heteroatoms. The Morgan fingerprint density at radius 2 is 1.54 bits per heavy atom. The van der Waals surface area contributed by atoms with Gasteiger partial charge in [0.15, 0.2) is 28.4 Å². The van der Waals surface area contributed by atoms with E-state index in [9.17, 15) is 77.0 Å². The highest BCUT2D eigenvalue weighted by atomic mass is 32.2. The lowest BCUT2D eigenvalue weighted by Crippen LogP contribution is -2.46. The molecular weight excluding hydrogens is 995 g/mol. The number of aromatic nitrogens is 4. The first kappa shape index (κ1) is 58.7. The monoisotopic (exact) mass is 1040 g/mol. The average molecular weight is 1040 g/mol. The molecule has 2 amide bonds. The van der Waals surface area contributed by atoms with Crippen LogP contribution in [0.5, 0.6) is 0 Å². The number of phosphoric acid groups is 3. The van der Waals surface area contributed by atoms with Gasteiger partial charge in [-0.05, 0) is 6.92 Å². The fourth-order valence-corrected chi connectivity index (χ4v) is 8.83. The van der Waals surface area contributed by atoms with Crippen molar-refractivity contribution in [2.24, 2.45) is 5.41 Å². The molecule has 14 N–H and O–H groups in total. The van der Waals surface area contributed by atoms with Gasteiger partial charge in [0.1, 0.15) is 42.0 Å². The summed E-state index contributed by atoms with van der Waals surface area (Å²) in [6.45, 7) is 1.58. The van der Waals surface area contributed by atoms with E-state index in [1.807, 2.05) is 0 Å². The molecule has 0 aliphatic carbocycles. The van der Waals surface area contributed by atoms with Gasteiger partial charge in [-0.2, -0.15) is 4.31 Å². The zero-order valence-electron chi connectivity index (χ0n) is 35.1. The minimum Gasteiger partial charge on any atom is -0.481 e. The van der Waals surface area contributed by atoms with Gasteiger partial charge < -0.3 is 71.3 Å². The Morgan fingerprint density at radius 1 is 0.940 bits per heavy atom. The third-order valence-corrected chi connectivity index (χ3v) is 12.4. The maximum absolute atomic E-state index is 12.6. The van der Waals surface area contributed by atoms with Crippen molar-refractivity contribution in [2.45, 2.75) is 82.7 Å². The van der Waals surface area contributed by atoms with Gasteiger partial charge in [0.05, 0.1) is 38.8 Å². The third-order valence-electron chi connectivity index (χ3n) is 8.44. The minimum absolute atomic E-state index is 0.0240. The Labute approximate surface area is 381 Å². The molecule has 67 heavy (non-hydrogen) atoms. The number of nitrogen functional groups attached to an aromatic ring is 1. The van der Waals surface area contributed by atoms with E-state index >= 15 is 0 Å². The number of carbonyl (C=O) groups excluding carboxylic acids is 4. The lowest BCUT2D eigenvalue weighted by molar-refractivity contribution is -0.170. The van der Waals surface area contributed by atoms with Crippen LogP contribution >= 0.6 is 35.2 Å². The predicted molar refractivity (Wildman–Crippen MR) is 219 cm³/mol. The Kier molecular flexibility index (Phi) is 21.7. The van der Waals surface area contributed by atoms with Gasteiger partial charge in [-0.25, -0.2) is 33.4 Å². The number of ether oxygens (including phenoxy) is 1. The fraction of sp³-hybridized carbons (Fsp3) is 0.613. The molecule has 1 aliphatic heterocycles. The topological polar surface area (TPSA) is 513 Å². The van der Waals surface area contributed by atoms with Crippen LogP contribution in [0.2, 0.25) is 0 Å². The molecule has 3 heterocycles. The van der Waals surface area contributed by atoms with Gasteiger partial charge in [-0.15, -0.1) is 0 Å². The standard InChI is InChI=1S/C25H40N7O18P3S.C6H8O7/c1-13(33)8-16(35)54-7-6-27-15(34)4-5-28-23(38)20(37)25(2,3)10-47-53(44,45)50-52(42,43)46-9-14-19(49-51(39,40)41)18(36)24(48-14)32-12-31-17-21(26)29-11-30-22(17)32;7-3(8)1-6(13,5(11)12)2-4(9)10/h11-12,14,18-20,24,36-37H,4-10H2,1-3H3,(H,27,34)(H,28,38)(H,42,43)(H,44,45)(H2,26,29,30)(H2,39,40,41);13H,1-2H2,(H,7,8)(H,9,10)(H,11,12)/t14-,18-,19-,20+,24-;/m1./s1. The number of fused-ring (bicyclic) bond motifs is 1. The molecule has 32 nitrogen and oxygen atoms in total. The van der Waals surface area contributed by atoms with E-state index in [4.69, 9.17) is 39.9 Å². The number of thioether (sulfide) groups is 1. The zero-order valence-corrected chi connectivity index (χ0v) is 38.6. The number of hydrogen-bond acceptors (Lipinski definition) is 23. The van der Waals surface area contributed by atoms with Crippen molar-refractivity contribution in [3.05, 3.63) is 12.7 Å². The van der Waals surface area contributed by atoms with E-state index in [1.165, 1.54) is 20.8 Å². The van der Waals surface area contributed by atoms with E-state index in [2.05, 4.69) is 34.4 Å². The van der Waals surface area contributed by atoms with Crippen LogP contribution in [0.4, 0.5) is 5.82 Å². The number of nitrogens with one attached hydrogen (secondary N) is 2. The molecule has 1 saturated heterocycles. The SMILES string of the molecule is CC(=O)CC(=O)SCCNC(=O)CCNC(=O)[C@H](O)C(C)(C)COP(=O)(O)OP(=O)(O)OC[C@H]1O[C@@H](n2cnc3c(N)ncnc32)[C@H](O)[C@@H]1OP(=O)(O)O.O=C(O)CC(O)(CC(=O)O)C(=O)O. The molecule has 0 saturated carbocycles. The number of amides is 2. The van der Waals surface area contributed by atoms with E-state index < -0.39 is 121 Å². The second kappa shape index (κ2) is 24.8. The first-order chi connectivity index (χ1) is 30.7. The number of rotatable bonds is 26. The van der Waals surface area contributed by atoms with Crippen LogP contribution in [0.25, 0.3) is 11.2 Å². The second-order valence-electron chi connectivity index (χ2n) is 14.6. The third kappa shape index (κ3) is 19.6. The Hall–Kier alpha value is -4.40. The van der Waals surface area contributed by atoms with Crippen LogP contribution in [0.3, 0.4) is 0 Å². The molecule has 0 radical (unpaired) electrons. The number of hydrogen-bond donors (Lipinski definition) is 13. The number of anilines is 1. The van der Waals surface area contributed by atoms with Crippen LogP contribution in [-0.2, 0) is 69.9 Å². The highest BCUT2D eigenvalue weighted by molar-refractivity contribution is 8.13. The average Bonchev–Trinajstić information content (AvgIpc) is 3.73. The van der Waals surface area contributed by atoms with Gasteiger partial charge in [-0.1, -0.05) is 25.6 Å². The number of aliphatic hydroxyl groups is 3. The van der Waals surface area contributed by atoms with Crippen LogP contribution in [0.1, 0.15) is 52.7 Å². The van der Waals surface area contributed by atoms with Crippen molar-refractivity contribution < 1.29 is 120 Å².